The van der Waals surface area contributed by atoms with Crippen LogP contribution in [0.1, 0.15) is 10.4 Å². The van der Waals surface area contributed by atoms with Crippen molar-refractivity contribution in [2.24, 2.45) is 0 Å². The van der Waals surface area contributed by atoms with Crippen LogP contribution in [0.2, 0.25) is 0 Å². The number of carbonyl (C=O) groups excluding carboxylic acids is 1. The van der Waals surface area contributed by atoms with E-state index in [2.05, 4.69) is 5.32 Å². The molecule has 3 nitrogen and oxygen atoms in total. The Morgan fingerprint density at radius 1 is 1.11 bits per heavy atom. The first kappa shape index (κ1) is 13.1. The number of anilines is 2. The molecule has 1 N–H and O–H groups in total. The largest absolute Gasteiger partial charge is 0.387 e. The van der Waals surface area contributed by atoms with Crippen LogP contribution in [0.5, 0.6) is 0 Å². The number of halogens is 1. The molecule has 98 valence electrons. The van der Waals surface area contributed by atoms with Gasteiger partial charge in [0.1, 0.15) is 5.82 Å². The molecule has 19 heavy (non-hydrogen) atoms. The Morgan fingerprint density at radius 2 is 1.74 bits per heavy atom. The summed E-state index contributed by atoms with van der Waals surface area (Å²) < 4.78 is 13.7. The summed E-state index contributed by atoms with van der Waals surface area (Å²) in [5.41, 5.74) is 1.49. The third kappa shape index (κ3) is 2.57. The first-order valence-corrected chi connectivity index (χ1v) is 5.94. The molecule has 2 aromatic rings. The Morgan fingerprint density at radius 3 is 2.42 bits per heavy atom. The van der Waals surface area contributed by atoms with E-state index in [1.807, 2.05) is 12.1 Å². The first-order chi connectivity index (χ1) is 9.15. The van der Waals surface area contributed by atoms with Crippen molar-refractivity contribution in [2.75, 3.05) is 24.3 Å². The van der Waals surface area contributed by atoms with Crippen molar-refractivity contribution in [1.29, 1.82) is 0 Å². The quantitative estimate of drug-likeness (QED) is 0.917. The average molecular weight is 258 g/mol. The molecule has 0 aliphatic rings. The summed E-state index contributed by atoms with van der Waals surface area (Å²) >= 11 is 0. The van der Waals surface area contributed by atoms with Crippen molar-refractivity contribution in [2.45, 2.75) is 0 Å². The zero-order valence-corrected chi connectivity index (χ0v) is 10.9. The summed E-state index contributed by atoms with van der Waals surface area (Å²) in [4.78, 5) is 13.7. The second-order valence-electron chi connectivity index (χ2n) is 4.11. The number of hydrogen-bond donors (Lipinski definition) is 1. The van der Waals surface area contributed by atoms with E-state index in [4.69, 9.17) is 0 Å². The number of hydrogen-bond acceptors (Lipinski definition) is 2. The van der Waals surface area contributed by atoms with Gasteiger partial charge in [0.15, 0.2) is 0 Å². The summed E-state index contributed by atoms with van der Waals surface area (Å²) in [6.07, 6.45) is 0. The smallest absolute Gasteiger partial charge is 0.260 e. The van der Waals surface area contributed by atoms with Gasteiger partial charge in [-0.2, -0.15) is 0 Å². The van der Waals surface area contributed by atoms with E-state index in [1.54, 1.807) is 44.4 Å². The molecule has 1 amide bonds. The number of benzene rings is 2. The van der Waals surface area contributed by atoms with E-state index in [0.717, 1.165) is 5.69 Å². The monoisotopic (exact) mass is 258 g/mol. The highest BCUT2D eigenvalue weighted by Crippen LogP contribution is 2.22. The van der Waals surface area contributed by atoms with E-state index in [1.165, 1.54) is 11.0 Å². The number of rotatable bonds is 3. The molecular weight excluding hydrogens is 243 g/mol. The van der Waals surface area contributed by atoms with Gasteiger partial charge in [-0.15, -0.1) is 0 Å². The normalized spacial score (nSPS) is 10.1. The predicted octanol–water partition coefficient (Wildman–Crippen LogP) is 3.14. The molecule has 0 aliphatic carbocycles. The molecule has 0 radical (unpaired) electrons. The molecule has 4 heteroatoms. The van der Waals surface area contributed by atoms with E-state index in [-0.39, 0.29) is 11.6 Å². The highest BCUT2D eigenvalue weighted by atomic mass is 19.1. The van der Waals surface area contributed by atoms with Crippen LogP contribution in [-0.2, 0) is 0 Å². The van der Waals surface area contributed by atoms with Gasteiger partial charge >= 0.3 is 0 Å². The maximum absolute atomic E-state index is 13.7. The van der Waals surface area contributed by atoms with Crippen molar-refractivity contribution < 1.29 is 9.18 Å². The number of para-hydroxylation sites is 2. The van der Waals surface area contributed by atoms with E-state index >= 15 is 0 Å². The Kier molecular flexibility index (Phi) is 3.80. The Hall–Kier alpha value is -2.36. The third-order valence-corrected chi connectivity index (χ3v) is 2.95. The maximum atomic E-state index is 13.7. The second kappa shape index (κ2) is 5.52. The Bertz CT molecular complexity index is 598. The van der Waals surface area contributed by atoms with Gasteiger partial charge in [-0.3, -0.25) is 4.79 Å². The lowest BCUT2D eigenvalue weighted by molar-refractivity contribution is 0.0993. The molecule has 0 fully saturated rings. The van der Waals surface area contributed by atoms with E-state index in [9.17, 15) is 9.18 Å². The third-order valence-electron chi connectivity index (χ3n) is 2.95. The zero-order chi connectivity index (χ0) is 13.8. The number of amides is 1. The second-order valence-corrected chi connectivity index (χ2v) is 4.11. The number of carbonyl (C=O) groups is 1. The molecule has 0 saturated carbocycles. The maximum Gasteiger partial charge on any atom is 0.260 e. The topological polar surface area (TPSA) is 32.3 Å². The van der Waals surface area contributed by atoms with Crippen molar-refractivity contribution in [3.05, 3.63) is 59.9 Å². The predicted molar refractivity (Wildman–Crippen MR) is 75.1 cm³/mol. The van der Waals surface area contributed by atoms with Gasteiger partial charge in [0.05, 0.1) is 11.3 Å². The summed E-state index contributed by atoms with van der Waals surface area (Å²) in [7, 11) is 3.31. The molecule has 0 aromatic heterocycles. The van der Waals surface area contributed by atoms with Crippen molar-refractivity contribution >= 4 is 17.3 Å². The standard InChI is InChI=1S/C15H15FN2O/c1-17-13-9-5-3-7-11(13)15(19)18(2)14-10-6-4-8-12(14)16/h3-10,17H,1-2H3. The average Bonchev–Trinajstić information content (AvgIpc) is 2.46. The van der Waals surface area contributed by atoms with E-state index in [0.29, 0.717) is 5.56 Å². The molecule has 2 aromatic carbocycles. The fourth-order valence-electron chi connectivity index (χ4n) is 1.90. The first-order valence-electron chi connectivity index (χ1n) is 5.94. The molecule has 0 spiro atoms. The van der Waals surface area contributed by atoms with E-state index < -0.39 is 5.82 Å². The van der Waals surface area contributed by atoms with Crippen LogP contribution >= 0.6 is 0 Å². The van der Waals surface area contributed by atoms with Gasteiger partial charge in [0.2, 0.25) is 0 Å². The summed E-state index contributed by atoms with van der Waals surface area (Å²) in [5, 5.41) is 2.96. The minimum Gasteiger partial charge on any atom is -0.387 e. The lowest BCUT2D eigenvalue weighted by Crippen LogP contribution is -2.27. The highest BCUT2D eigenvalue weighted by molar-refractivity contribution is 6.09. The van der Waals surface area contributed by atoms with Gasteiger partial charge in [-0.1, -0.05) is 24.3 Å². The van der Waals surface area contributed by atoms with Gasteiger partial charge < -0.3 is 10.2 Å². The number of nitrogens with zero attached hydrogens (tertiary/aromatic N) is 1. The molecule has 0 saturated heterocycles. The minimum atomic E-state index is -0.416. The summed E-state index contributed by atoms with van der Waals surface area (Å²) in [6.45, 7) is 0. The Labute approximate surface area is 111 Å². The molecule has 0 bridgehead atoms. The molecule has 0 unspecified atom stereocenters. The van der Waals surface area contributed by atoms with Crippen LogP contribution in [0.3, 0.4) is 0 Å². The van der Waals surface area contributed by atoms with Gasteiger partial charge in [-0.25, -0.2) is 4.39 Å². The van der Waals surface area contributed by atoms with Gasteiger partial charge in [0, 0.05) is 19.8 Å². The molecule has 0 heterocycles. The minimum absolute atomic E-state index is 0.255. The zero-order valence-electron chi connectivity index (χ0n) is 10.9. The summed E-state index contributed by atoms with van der Waals surface area (Å²) in [6, 6.07) is 13.4. The van der Waals surface area contributed by atoms with Crippen LogP contribution < -0.4 is 10.2 Å². The fraction of sp³-hybridized carbons (Fsp3) is 0.133. The lowest BCUT2D eigenvalue weighted by Gasteiger charge is -2.19. The van der Waals surface area contributed by atoms with Crippen LogP contribution in [0.15, 0.2) is 48.5 Å². The van der Waals surface area contributed by atoms with Crippen molar-refractivity contribution in [3.8, 4) is 0 Å². The fourth-order valence-corrected chi connectivity index (χ4v) is 1.90. The molecule has 2 rings (SSSR count). The van der Waals surface area contributed by atoms with Gasteiger partial charge in [-0.05, 0) is 24.3 Å². The molecule has 0 aliphatic heterocycles. The van der Waals surface area contributed by atoms with Crippen molar-refractivity contribution in [3.63, 3.8) is 0 Å². The van der Waals surface area contributed by atoms with Crippen LogP contribution in [0, 0.1) is 5.82 Å². The SMILES string of the molecule is CNc1ccccc1C(=O)N(C)c1ccccc1F. The molecule has 0 atom stereocenters. The summed E-state index contributed by atoms with van der Waals surface area (Å²) in [5.74, 6) is -0.671. The van der Waals surface area contributed by atoms with Crippen LogP contribution in [-0.4, -0.2) is 20.0 Å². The lowest BCUT2D eigenvalue weighted by atomic mass is 10.1. The van der Waals surface area contributed by atoms with Crippen molar-refractivity contribution in [1.82, 2.24) is 0 Å². The number of nitrogens with one attached hydrogen (secondary N) is 1. The molecular formula is C15H15FN2O. The van der Waals surface area contributed by atoms with Crippen LogP contribution in [0.25, 0.3) is 0 Å². The Balaban J connectivity index is 2.37. The highest BCUT2D eigenvalue weighted by Gasteiger charge is 2.18. The van der Waals surface area contributed by atoms with Crippen LogP contribution in [0.4, 0.5) is 15.8 Å². The van der Waals surface area contributed by atoms with Gasteiger partial charge in [0.25, 0.3) is 5.91 Å².